The molecule has 0 unspecified atom stereocenters. The van der Waals surface area contributed by atoms with Crippen LogP contribution in [0.5, 0.6) is 0 Å². The molecule has 0 saturated heterocycles. The number of rotatable bonds is 6. The summed E-state index contributed by atoms with van der Waals surface area (Å²) in [6, 6.07) is 4.84. The highest BCUT2D eigenvalue weighted by Crippen LogP contribution is 2.19. The second kappa shape index (κ2) is 6.47. The van der Waals surface area contributed by atoms with E-state index in [0.29, 0.717) is 13.1 Å². The van der Waals surface area contributed by atoms with Crippen LogP contribution in [0.15, 0.2) is 23.6 Å². The molecule has 0 bridgehead atoms. The Bertz CT molecular complexity index is 529. The van der Waals surface area contributed by atoms with Crippen LogP contribution in [-0.2, 0) is 6.42 Å². The van der Waals surface area contributed by atoms with E-state index in [0.717, 1.165) is 12.5 Å². The van der Waals surface area contributed by atoms with E-state index < -0.39 is 11.6 Å². The number of hydrogen-bond acceptors (Lipinski definition) is 4. The molecule has 2 heterocycles. The largest absolute Gasteiger partial charge is 0.368 e. The number of pyridine rings is 1. The van der Waals surface area contributed by atoms with Gasteiger partial charge in [0.2, 0.25) is 0 Å². The lowest BCUT2D eigenvalue weighted by Crippen LogP contribution is -2.10. The van der Waals surface area contributed by atoms with E-state index in [1.807, 2.05) is 24.4 Å². The van der Waals surface area contributed by atoms with Crippen LogP contribution in [-0.4, -0.2) is 18.1 Å². The molecule has 0 radical (unpaired) electrons. The molecule has 2 N–H and O–H groups in total. The highest BCUT2D eigenvalue weighted by Gasteiger charge is 2.10. The molecule has 3 nitrogen and oxygen atoms in total. The summed E-state index contributed by atoms with van der Waals surface area (Å²) in [6.45, 7) is 2.92. The normalized spacial score (nSPS) is 10.5. The minimum atomic E-state index is -0.678. The Morgan fingerprint density at radius 2 is 1.95 bits per heavy atom. The number of anilines is 2. The zero-order valence-corrected chi connectivity index (χ0v) is 11.4. The fourth-order valence-electron chi connectivity index (χ4n) is 1.64. The highest BCUT2D eigenvalue weighted by molar-refractivity contribution is 7.09. The Labute approximate surface area is 114 Å². The minimum absolute atomic E-state index is 0.0718. The van der Waals surface area contributed by atoms with Crippen molar-refractivity contribution < 1.29 is 8.78 Å². The van der Waals surface area contributed by atoms with E-state index in [1.54, 1.807) is 11.3 Å². The third-order valence-electron chi connectivity index (χ3n) is 2.52. The van der Waals surface area contributed by atoms with Crippen LogP contribution in [0.4, 0.5) is 20.4 Å². The lowest BCUT2D eigenvalue weighted by molar-refractivity contribution is 0.578. The molecule has 2 rings (SSSR count). The van der Waals surface area contributed by atoms with Gasteiger partial charge in [0.25, 0.3) is 0 Å². The van der Waals surface area contributed by atoms with Gasteiger partial charge in [0.05, 0.1) is 0 Å². The molecule has 6 heteroatoms. The van der Waals surface area contributed by atoms with Gasteiger partial charge in [-0.25, -0.2) is 13.8 Å². The first kappa shape index (κ1) is 13.7. The second-order valence-corrected chi connectivity index (χ2v) is 4.97. The summed E-state index contributed by atoms with van der Waals surface area (Å²) >= 11 is 1.65. The third-order valence-corrected chi connectivity index (χ3v) is 3.45. The number of nitrogens with zero attached hydrogens (tertiary/aromatic N) is 1. The highest BCUT2D eigenvalue weighted by atomic mass is 32.1. The van der Waals surface area contributed by atoms with Crippen molar-refractivity contribution in [3.05, 3.63) is 40.1 Å². The number of aromatic nitrogens is 1. The molecule has 0 aliphatic carbocycles. The van der Waals surface area contributed by atoms with E-state index in [2.05, 4.69) is 15.6 Å². The maximum Gasteiger partial charge on any atom is 0.168 e. The van der Waals surface area contributed by atoms with Gasteiger partial charge in [-0.05, 0) is 24.8 Å². The van der Waals surface area contributed by atoms with Crippen molar-refractivity contribution in [1.29, 1.82) is 0 Å². The van der Waals surface area contributed by atoms with Crippen LogP contribution in [0.1, 0.15) is 11.8 Å². The average molecular weight is 283 g/mol. The summed E-state index contributed by atoms with van der Waals surface area (Å²) in [6.07, 6.45) is 0.784. The maximum absolute atomic E-state index is 13.5. The fraction of sp³-hybridized carbons (Fsp3) is 0.308. The van der Waals surface area contributed by atoms with Crippen molar-refractivity contribution in [2.45, 2.75) is 13.3 Å². The molecular weight excluding hydrogens is 268 g/mol. The molecular formula is C13H15F2N3S. The molecule has 0 amide bonds. The lowest BCUT2D eigenvalue weighted by Gasteiger charge is -2.09. The smallest absolute Gasteiger partial charge is 0.168 e. The Morgan fingerprint density at radius 1 is 1.21 bits per heavy atom. The monoisotopic (exact) mass is 283 g/mol. The molecule has 0 aromatic carbocycles. The molecule has 0 aliphatic rings. The van der Waals surface area contributed by atoms with Crippen molar-refractivity contribution in [2.75, 3.05) is 23.7 Å². The van der Waals surface area contributed by atoms with Crippen molar-refractivity contribution >= 4 is 23.0 Å². The van der Waals surface area contributed by atoms with E-state index >= 15 is 0 Å². The van der Waals surface area contributed by atoms with E-state index in [9.17, 15) is 8.78 Å². The van der Waals surface area contributed by atoms with Crippen LogP contribution in [0, 0.1) is 11.6 Å². The van der Waals surface area contributed by atoms with Gasteiger partial charge in [-0.3, -0.25) is 0 Å². The lowest BCUT2D eigenvalue weighted by atomic mass is 10.3. The molecule has 0 atom stereocenters. The van der Waals surface area contributed by atoms with Crippen LogP contribution >= 0.6 is 11.3 Å². The van der Waals surface area contributed by atoms with Crippen LogP contribution in [0.3, 0.4) is 0 Å². The Morgan fingerprint density at radius 3 is 2.58 bits per heavy atom. The summed E-state index contributed by atoms with van der Waals surface area (Å²) in [5.74, 6) is -1.20. The zero-order chi connectivity index (χ0) is 13.7. The third kappa shape index (κ3) is 3.64. The molecule has 2 aromatic rings. The van der Waals surface area contributed by atoms with Gasteiger partial charge in [0.15, 0.2) is 23.3 Å². The van der Waals surface area contributed by atoms with Crippen molar-refractivity contribution in [3.8, 4) is 0 Å². The van der Waals surface area contributed by atoms with Gasteiger partial charge in [-0.2, -0.15) is 0 Å². The van der Waals surface area contributed by atoms with E-state index in [-0.39, 0.29) is 11.6 Å². The summed E-state index contributed by atoms with van der Waals surface area (Å²) in [5.41, 5.74) is 0. The number of thiophene rings is 1. The maximum atomic E-state index is 13.5. The molecule has 102 valence electrons. The summed E-state index contributed by atoms with van der Waals surface area (Å²) in [5, 5.41) is 7.64. The van der Waals surface area contributed by atoms with Gasteiger partial charge in [-0.15, -0.1) is 11.3 Å². The molecule has 0 spiro atoms. The number of hydrogen-bond donors (Lipinski definition) is 2. The van der Waals surface area contributed by atoms with E-state index in [1.165, 1.54) is 4.88 Å². The molecule has 2 aromatic heterocycles. The molecule has 19 heavy (non-hydrogen) atoms. The SMILES string of the molecule is CCNc1nc(NCCc2cccs2)c(F)cc1F. The first-order valence-electron chi connectivity index (χ1n) is 6.07. The van der Waals surface area contributed by atoms with Gasteiger partial charge < -0.3 is 10.6 Å². The van der Waals surface area contributed by atoms with E-state index in [4.69, 9.17) is 0 Å². The molecule has 0 saturated carbocycles. The van der Waals surface area contributed by atoms with Crippen LogP contribution in [0.25, 0.3) is 0 Å². The number of nitrogens with one attached hydrogen (secondary N) is 2. The van der Waals surface area contributed by atoms with Crippen molar-refractivity contribution in [1.82, 2.24) is 4.98 Å². The van der Waals surface area contributed by atoms with Gasteiger partial charge >= 0.3 is 0 Å². The summed E-state index contributed by atoms with van der Waals surface area (Å²) < 4.78 is 26.9. The summed E-state index contributed by atoms with van der Waals surface area (Å²) in [4.78, 5) is 5.12. The van der Waals surface area contributed by atoms with Crippen LogP contribution < -0.4 is 10.6 Å². The Balaban J connectivity index is 2.00. The first-order chi connectivity index (χ1) is 9.20. The minimum Gasteiger partial charge on any atom is -0.368 e. The Kier molecular flexibility index (Phi) is 4.68. The topological polar surface area (TPSA) is 37.0 Å². The summed E-state index contributed by atoms with van der Waals surface area (Å²) in [7, 11) is 0. The quantitative estimate of drug-likeness (QED) is 0.852. The van der Waals surface area contributed by atoms with Gasteiger partial charge in [0, 0.05) is 24.0 Å². The predicted octanol–water partition coefficient (Wildman–Crippen LogP) is 3.51. The first-order valence-corrected chi connectivity index (χ1v) is 6.95. The molecule has 0 aliphatic heterocycles. The Hall–Kier alpha value is -1.69. The van der Waals surface area contributed by atoms with Crippen molar-refractivity contribution in [2.24, 2.45) is 0 Å². The zero-order valence-electron chi connectivity index (χ0n) is 10.5. The number of halogens is 2. The fourth-order valence-corrected chi connectivity index (χ4v) is 2.35. The average Bonchev–Trinajstić information content (AvgIpc) is 2.88. The van der Waals surface area contributed by atoms with Gasteiger partial charge in [-0.1, -0.05) is 6.07 Å². The molecule has 0 fully saturated rings. The van der Waals surface area contributed by atoms with Crippen molar-refractivity contribution in [3.63, 3.8) is 0 Å². The second-order valence-electron chi connectivity index (χ2n) is 3.94. The predicted molar refractivity (Wildman–Crippen MR) is 74.8 cm³/mol. The standard InChI is InChI=1S/C13H15F2N3S/c1-2-16-12-10(14)8-11(15)13(18-12)17-6-5-9-4-3-7-19-9/h3-4,7-8H,2,5-6H2,1H3,(H2,16,17,18). The van der Waals surface area contributed by atoms with Gasteiger partial charge in [0.1, 0.15) is 0 Å². The van der Waals surface area contributed by atoms with Crippen LogP contribution in [0.2, 0.25) is 0 Å².